The molecular formula is C21H25N2NaO9S2. The third kappa shape index (κ3) is 8.36. The molecule has 14 heteroatoms. The molecule has 0 radical (unpaired) electrons. The first kappa shape index (κ1) is 29.4. The number of rotatable bonds is 10. The van der Waals surface area contributed by atoms with Gasteiger partial charge in [-0.15, -0.1) is 0 Å². The van der Waals surface area contributed by atoms with Crippen LogP contribution in [-0.2, 0) is 49.6 Å². The van der Waals surface area contributed by atoms with E-state index in [1.54, 1.807) is 29.2 Å². The predicted molar refractivity (Wildman–Crippen MR) is 127 cm³/mol. The van der Waals surface area contributed by atoms with Crippen molar-refractivity contribution in [2.24, 2.45) is 0 Å². The molecular weight excluding hydrogens is 511 g/mol. The summed E-state index contributed by atoms with van der Waals surface area (Å²) in [6.45, 7) is 2.37. The number of hydrogen-bond acceptors (Lipinski definition) is 11. The molecule has 3 rings (SSSR count). The van der Waals surface area contributed by atoms with Crippen LogP contribution < -0.4 is 10.4 Å². The zero-order valence-corrected chi connectivity index (χ0v) is 19.9. The number of ketones is 1. The van der Waals surface area contributed by atoms with E-state index < -0.39 is 43.3 Å². The Morgan fingerprint density at radius 3 is 2.29 bits per heavy atom. The zero-order chi connectivity index (χ0) is 24.8. The van der Waals surface area contributed by atoms with Gasteiger partial charge < -0.3 is 13.8 Å². The van der Waals surface area contributed by atoms with Gasteiger partial charge in [0, 0.05) is 19.6 Å². The number of carbonyl (C=O) groups is 2. The van der Waals surface area contributed by atoms with Crippen molar-refractivity contribution in [1.29, 1.82) is 0 Å². The number of benzene rings is 2. The number of nitrogens with zero attached hydrogens (tertiary/aromatic N) is 1. The maximum atomic E-state index is 12.8. The zero-order valence-electron chi connectivity index (χ0n) is 18.3. The van der Waals surface area contributed by atoms with E-state index in [4.69, 9.17) is 9.02 Å². The van der Waals surface area contributed by atoms with Crippen LogP contribution >= 0.6 is 0 Å². The molecule has 1 aliphatic heterocycles. The topological polar surface area (TPSA) is 145 Å². The third-order valence-electron chi connectivity index (χ3n) is 4.72. The first-order valence-electron chi connectivity index (χ1n) is 10.2. The van der Waals surface area contributed by atoms with Gasteiger partial charge in [0.15, 0.2) is 0 Å². The van der Waals surface area contributed by atoms with E-state index in [0.29, 0.717) is 0 Å². The summed E-state index contributed by atoms with van der Waals surface area (Å²) in [5, 5.41) is 0. The Hall–Kier alpha value is -1.84. The monoisotopic (exact) mass is 536 g/mol. The number of hydrogen-bond donors (Lipinski definition) is 1. The van der Waals surface area contributed by atoms with Gasteiger partial charge in [-0.25, -0.2) is 0 Å². The second kappa shape index (κ2) is 12.9. The Morgan fingerprint density at radius 2 is 1.66 bits per heavy atom. The molecule has 0 spiro atoms. The number of nitrogens with one attached hydrogen (secondary N) is 1. The van der Waals surface area contributed by atoms with Gasteiger partial charge in [0.25, 0.3) is 0 Å². The van der Waals surface area contributed by atoms with Crippen LogP contribution in [0, 0.1) is 0 Å². The summed E-state index contributed by atoms with van der Waals surface area (Å²) in [6, 6.07) is 12.2. The molecule has 1 aliphatic rings. The van der Waals surface area contributed by atoms with Gasteiger partial charge in [0.2, 0.25) is 0 Å². The quantitative estimate of drug-likeness (QED) is 0.196. The van der Waals surface area contributed by atoms with Gasteiger partial charge >= 0.3 is 55.8 Å². The van der Waals surface area contributed by atoms with Crippen molar-refractivity contribution in [3.05, 3.63) is 54.1 Å². The van der Waals surface area contributed by atoms with Crippen molar-refractivity contribution >= 4 is 67.2 Å². The van der Waals surface area contributed by atoms with Crippen LogP contribution in [0.2, 0.25) is 0 Å². The van der Waals surface area contributed by atoms with Crippen molar-refractivity contribution in [2.45, 2.75) is 29.7 Å². The van der Waals surface area contributed by atoms with Gasteiger partial charge in [-0.2, -0.15) is 26.6 Å². The van der Waals surface area contributed by atoms with Gasteiger partial charge in [0.1, 0.15) is 17.1 Å². The number of anilines is 1. The van der Waals surface area contributed by atoms with Crippen LogP contribution in [0.3, 0.4) is 0 Å². The van der Waals surface area contributed by atoms with Gasteiger partial charge in [0.05, 0.1) is 23.8 Å². The number of hydroxylamine groups is 1. The van der Waals surface area contributed by atoms with Crippen LogP contribution in [0.15, 0.2) is 58.3 Å². The first-order chi connectivity index (χ1) is 16.1. The summed E-state index contributed by atoms with van der Waals surface area (Å²) in [5.74, 6) is -1.79. The van der Waals surface area contributed by atoms with Crippen molar-refractivity contribution in [3.8, 4) is 0 Å². The Balaban J connectivity index is 0.00000432. The molecule has 1 saturated heterocycles. The molecule has 0 unspecified atom stereocenters. The Kier molecular flexibility index (Phi) is 10.9. The summed E-state index contributed by atoms with van der Waals surface area (Å²) in [5.41, 5.74) is 3.19. The molecule has 1 fully saturated rings. The van der Waals surface area contributed by atoms with Crippen molar-refractivity contribution in [3.63, 3.8) is 0 Å². The van der Waals surface area contributed by atoms with E-state index in [0.717, 1.165) is 30.7 Å². The van der Waals surface area contributed by atoms with Gasteiger partial charge in [-0.1, -0.05) is 30.3 Å². The summed E-state index contributed by atoms with van der Waals surface area (Å²) < 4.78 is 65.7. The molecule has 2 aromatic carbocycles. The average Bonchev–Trinajstić information content (AvgIpc) is 2.79. The summed E-state index contributed by atoms with van der Waals surface area (Å²) >= 11 is 0. The maximum absolute atomic E-state index is 12.8. The molecule has 0 bridgehead atoms. The molecule has 0 aliphatic carbocycles. The minimum absolute atomic E-state index is 0. The normalized spacial score (nSPS) is 14.1. The minimum atomic E-state index is -4.64. The van der Waals surface area contributed by atoms with Crippen LogP contribution in [0.4, 0.5) is 5.69 Å². The van der Waals surface area contributed by atoms with E-state index >= 15 is 0 Å². The first-order valence-corrected chi connectivity index (χ1v) is 13.0. The molecule has 2 aromatic rings. The standard InChI is InChI=1S/C21H24N2O9S2.Na.H/c1-16(24)13-21(25)31-34(28,29)20-8-7-18(14-19(20)23-9-11-30-12-10-23)33(26,27)32-22-15-17-5-3-2-4-6-17;;/h2-8,14,22H,9-13,15H2,1H3;;. The van der Waals surface area contributed by atoms with E-state index in [1.165, 1.54) is 0 Å². The fourth-order valence-corrected chi connectivity index (χ4v) is 5.02. The molecule has 0 aromatic heterocycles. The molecule has 0 atom stereocenters. The fraction of sp³-hybridized carbons (Fsp3) is 0.333. The second-order valence-corrected chi connectivity index (χ2v) is 10.4. The van der Waals surface area contributed by atoms with E-state index in [9.17, 15) is 26.4 Å². The van der Waals surface area contributed by atoms with Crippen molar-refractivity contribution in [1.82, 2.24) is 5.48 Å². The third-order valence-corrected chi connectivity index (χ3v) is 7.18. The van der Waals surface area contributed by atoms with Crippen LogP contribution in [0.1, 0.15) is 18.9 Å². The molecule has 0 amide bonds. The number of ether oxygens (including phenoxy) is 1. The molecule has 186 valence electrons. The SMILES string of the molecule is CC(=O)CC(=O)OS(=O)(=O)c1ccc(S(=O)(=O)ONCc2ccccc2)cc1N1CCOCC1.[NaH]. The van der Waals surface area contributed by atoms with Crippen LogP contribution in [0.5, 0.6) is 0 Å². The van der Waals surface area contributed by atoms with Crippen LogP contribution in [-0.4, -0.2) is 84.4 Å². The van der Waals surface area contributed by atoms with Gasteiger partial charge in [-0.05, 0) is 30.7 Å². The Bertz CT molecular complexity index is 1250. The molecule has 0 saturated carbocycles. The summed E-state index contributed by atoms with van der Waals surface area (Å²) in [7, 11) is -8.94. The molecule has 1 heterocycles. The van der Waals surface area contributed by atoms with Crippen molar-refractivity contribution in [2.75, 3.05) is 31.2 Å². The predicted octanol–water partition coefficient (Wildman–Crippen LogP) is 0.496. The molecule has 35 heavy (non-hydrogen) atoms. The number of Topliss-reactive ketones (excluding diaryl/α,β-unsaturated/α-hetero) is 1. The second-order valence-electron chi connectivity index (χ2n) is 7.36. The molecule has 11 nitrogen and oxygen atoms in total. The summed E-state index contributed by atoms with van der Waals surface area (Å²) in [6.07, 6.45) is -0.709. The van der Waals surface area contributed by atoms with Crippen LogP contribution in [0.25, 0.3) is 0 Å². The van der Waals surface area contributed by atoms with E-state index in [2.05, 4.69) is 9.66 Å². The fourth-order valence-electron chi connectivity index (χ4n) is 3.15. The Labute approximate surface area is 226 Å². The number of carbonyl (C=O) groups excluding carboxylic acids is 2. The summed E-state index contributed by atoms with van der Waals surface area (Å²) in [4.78, 5) is 23.8. The number of morpholine rings is 1. The van der Waals surface area contributed by atoms with E-state index in [-0.39, 0.29) is 73.0 Å². The molecule has 1 N–H and O–H groups in total. The Morgan fingerprint density at radius 1 is 1.00 bits per heavy atom. The van der Waals surface area contributed by atoms with E-state index in [1.807, 2.05) is 6.07 Å². The van der Waals surface area contributed by atoms with Gasteiger partial charge in [-0.3, -0.25) is 9.59 Å². The average molecular weight is 537 g/mol. The van der Waals surface area contributed by atoms with Crippen molar-refractivity contribution < 1.29 is 39.6 Å².